The molecule has 0 heterocycles. The molecule has 0 bridgehead atoms. The number of hydrogen-bond donors (Lipinski definition) is 0. The minimum absolute atomic E-state index is 0.647. The second kappa shape index (κ2) is 6.30. The molecule has 0 fully saturated rings. The van der Waals surface area contributed by atoms with Gasteiger partial charge < -0.3 is 0 Å². The Bertz CT molecular complexity index is 96.4. The first kappa shape index (κ1) is 7.30. The molecule has 3 nitrogen and oxygen atoms in total. The molecule has 0 saturated heterocycles. The SMILES string of the molecule is C=NP=NP=NP. The quantitative estimate of drug-likeness (QED) is 0.429. The van der Waals surface area contributed by atoms with E-state index in [1.807, 2.05) is 0 Å². The lowest BCUT2D eigenvalue weighted by Crippen LogP contribution is -1.17. The summed E-state index contributed by atoms with van der Waals surface area (Å²) in [5.41, 5.74) is 0. The fourth-order valence-corrected chi connectivity index (χ4v) is 1.04. The van der Waals surface area contributed by atoms with Gasteiger partial charge in [0, 0.05) is 0 Å². The van der Waals surface area contributed by atoms with E-state index >= 15 is 0 Å². The smallest absolute Gasteiger partial charge is 0.159 e. The van der Waals surface area contributed by atoms with E-state index in [0.717, 1.165) is 0 Å². The molecule has 7 heavy (non-hydrogen) atoms. The Morgan fingerprint density at radius 2 is 2.14 bits per heavy atom. The van der Waals surface area contributed by atoms with Gasteiger partial charge in [-0.15, -0.1) is 0 Å². The van der Waals surface area contributed by atoms with E-state index in [-0.39, 0.29) is 0 Å². The highest BCUT2D eigenvalue weighted by molar-refractivity contribution is 7.41. The van der Waals surface area contributed by atoms with Crippen LogP contribution in [0, 0.1) is 0 Å². The van der Waals surface area contributed by atoms with Crippen molar-refractivity contribution in [2.24, 2.45) is 13.8 Å². The lowest BCUT2D eigenvalue weighted by molar-refractivity contribution is 1.91. The summed E-state index contributed by atoms with van der Waals surface area (Å²) < 4.78 is 10.8. The maximum Gasteiger partial charge on any atom is 0.159 e. The van der Waals surface area contributed by atoms with Crippen molar-refractivity contribution in [1.82, 2.24) is 0 Å². The first-order valence-electron chi connectivity index (χ1n) is 1.37. The Balaban J connectivity index is 3.27. The first-order valence-corrected chi connectivity index (χ1v) is 3.49. The third kappa shape index (κ3) is 6.30. The van der Waals surface area contributed by atoms with Crippen LogP contribution in [-0.4, -0.2) is 6.72 Å². The zero-order valence-corrected chi connectivity index (χ0v) is 6.46. The van der Waals surface area contributed by atoms with Gasteiger partial charge in [-0.05, 0) is 16.1 Å². The van der Waals surface area contributed by atoms with Crippen molar-refractivity contribution in [2.45, 2.75) is 0 Å². The average molecular weight is 151 g/mol. The summed E-state index contributed by atoms with van der Waals surface area (Å²) in [4.78, 5) is 0. The van der Waals surface area contributed by atoms with E-state index in [9.17, 15) is 0 Å². The summed E-state index contributed by atoms with van der Waals surface area (Å²) in [6.07, 6.45) is 0. The van der Waals surface area contributed by atoms with E-state index in [4.69, 9.17) is 0 Å². The molecule has 0 aromatic rings. The third-order valence-corrected chi connectivity index (χ3v) is 1.37. The molecule has 0 aromatic carbocycles. The highest BCUT2D eigenvalue weighted by Gasteiger charge is 1.56. The van der Waals surface area contributed by atoms with Gasteiger partial charge >= 0.3 is 0 Å². The van der Waals surface area contributed by atoms with E-state index in [2.05, 4.69) is 29.9 Å². The van der Waals surface area contributed by atoms with E-state index in [1.165, 1.54) is 0 Å². The fourth-order valence-electron chi connectivity index (χ4n) is 0.0693. The standard InChI is InChI=1S/CH4N3P3/c1-2-6-4-7-3-5/h1,5H2. The lowest BCUT2D eigenvalue weighted by Gasteiger charge is -1.62. The summed E-state index contributed by atoms with van der Waals surface area (Å²) in [5, 5.41) is 0. The molecular weight excluding hydrogens is 147 g/mol. The van der Waals surface area contributed by atoms with Crippen molar-refractivity contribution in [3.05, 3.63) is 0 Å². The highest BCUT2D eigenvalue weighted by atomic mass is 31.1. The normalized spacial score (nSPS) is 11.0. The Hall–Kier alpha value is 0.300. The third-order valence-electron chi connectivity index (χ3n) is 0.195. The average Bonchev–Trinajstić information content (AvgIpc) is 1.69. The minimum Gasteiger partial charge on any atom is -0.229 e. The zero-order chi connectivity index (χ0) is 5.54. The molecule has 0 saturated carbocycles. The summed E-state index contributed by atoms with van der Waals surface area (Å²) >= 11 is 0. The topological polar surface area (TPSA) is 37.1 Å². The Labute approximate surface area is 47.8 Å². The van der Waals surface area contributed by atoms with Crippen molar-refractivity contribution >= 4 is 33.2 Å². The van der Waals surface area contributed by atoms with Crippen LogP contribution in [0.4, 0.5) is 0 Å². The van der Waals surface area contributed by atoms with E-state index in [0.29, 0.717) is 17.0 Å². The molecule has 1 atom stereocenters. The lowest BCUT2D eigenvalue weighted by atomic mass is 11.8. The molecule has 0 amide bonds. The second-order valence-corrected chi connectivity index (χ2v) is 2.81. The molecule has 0 aromatic heterocycles. The number of rotatable bonds is 2. The molecule has 0 rings (SSSR count). The molecule has 0 aliphatic carbocycles. The largest absolute Gasteiger partial charge is 0.229 e. The summed E-state index contributed by atoms with van der Waals surface area (Å²) in [7, 11) is 3.54. The summed E-state index contributed by atoms with van der Waals surface area (Å²) in [5.74, 6) is 0. The Kier molecular flexibility index (Phi) is 6.57. The predicted molar refractivity (Wildman–Crippen MR) is 38.0 cm³/mol. The van der Waals surface area contributed by atoms with Gasteiger partial charge in [-0.3, -0.25) is 0 Å². The van der Waals surface area contributed by atoms with Crippen molar-refractivity contribution in [3.8, 4) is 0 Å². The molecule has 0 N–H and O–H groups in total. The molecule has 0 aliphatic rings. The van der Waals surface area contributed by atoms with Crippen LogP contribution in [0.3, 0.4) is 0 Å². The maximum atomic E-state index is 3.74. The highest BCUT2D eigenvalue weighted by Crippen LogP contribution is 2.13. The maximum absolute atomic E-state index is 3.74. The van der Waals surface area contributed by atoms with Gasteiger partial charge in [0.2, 0.25) is 0 Å². The molecule has 1 unspecified atom stereocenters. The van der Waals surface area contributed by atoms with Gasteiger partial charge in [-0.2, -0.15) is 4.52 Å². The van der Waals surface area contributed by atoms with Crippen LogP contribution in [0.25, 0.3) is 0 Å². The first-order chi connectivity index (χ1) is 3.41. The van der Waals surface area contributed by atoms with Gasteiger partial charge in [0.1, 0.15) is 0 Å². The van der Waals surface area contributed by atoms with Crippen molar-refractivity contribution in [3.63, 3.8) is 0 Å². The molecular formula is CH4N3P3. The fraction of sp³-hybridized carbons (Fsp3) is 0. The van der Waals surface area contributed by atoms with Crippen LogP contribution < -0.4 is 0 Å². The van der Waals surface area contributed by atoms with Crippen molar-refractivity contribution in [1.29, 1.82) is 0 Å². The zero-order valence-electron chi connectivity index (χ0n) is 3.52. The van der Waals surface area contributed by atoms with Gasteiger partial charge in [0.15, 0.2) is 17.0 Å². The Morgan fingerprint density at radius 3 is 2.57 bits per heavy atom. The molecule has 38 valence electrons. The van der Waals surface area contributed by atoms with Gasteiger partial charge in [-0.1, -0.05) is 0 Å². The van der Waals surface area contributed by atoms with Crippen LogP contribution in [-0.2, 0) is 0 Å². The van der Waals surface area contributed by atoms with Crippen LogP contribution >= 0.6 is 26.4 Å². The summed E-state index contributed by atoms with van der Waals surface area (Å²) in [6, 6.07) is 0. The van der Waals surface area contributed by atoms with Gasteiger partial charge in [0.25, 0.3) is 0 Å². The molecule has 0 aliphatic heterocycles. The van der Waals surface area contributed by atoms with E-state index < -0.39 is 0 Å². The predicted octanol–water partition coefficient (Wildman–Crippen LogP) is 2.57. The molecule has 6 heteroatoms. The minimum atomic E-state index is 0.647. The van der Waals surface area contributed by atoms with Crippen LogP contribution in [0.1, 0.15) is 0 Å². The number of nitrogens with zero attached hydrogens (tertiary/aromatic N) is 3. The second-order valence-electron chi connectivity index (χ2n) is 0.525. The Morgan fingerprint density at radius 1 is 1.43 bits per heavy atom. The van der Waals surface area contributed by atoms with Crippen LogP contribution in [0.2, 0.25) is 0 Å². The summed E-state index contributed by atoms with van der Waals surface area (Å²) in [6.45, 7) is 3.22. The number of hydrogen-bond acceptors (Lipinski definition) is 1. The molecule has 0 radical (unpaired) electrons. The molecule has 0 spiro atoms. The van der Waals surface area contributed by atoms with Crippen LogP contribution in [0.15, 0.2) is 13.8 Å². The van der Waals surface area contributed by atoms with Crippen LogP contribution in [0.5, 0.6) is 0 Å². The van der Waals surface area contributed by atoms with Crippen molar-refractivity contribution < 1.29 is 0 Å². The monoisotopic (exact) mass is 151 g/mol. The van der Waals surface area contributed by atoms with Gasteiger partial charge in [-0.25, -0.2) is 9.28 Å². The van der Waals surface area contributed by atoms with Gasteiger partial charge in [0.05, 0.1) is 0 Å². The van der Waals surface area contributed by atoms with Crippen molar-refractivity contribution in [2.75, 3.05) is 0 Å². The van der Waals surface area contributed by atoms with E-state index in [1.54, 1.807) is 0 Å².